The zero-order valence-electron chi connectivity index (χ0n) is 12.2. The average Bonchev–Trinajstić information content (AvgIpc) is 2.34. The summed E-state index contributed by atoms with van der Waals surface area (Å²) in [5.41, 5.74) is 0. The van der Waals surface area contributed by atoms with Crippen LogP contribution in [0.3, 0.4) is 0 Å². The highest BCUT2D eigenvalue weighted by Crippen LogP contribution is 2.30. The maximum atomic E-state index is 12.1. The third-order valence-electron chi connectivity index (χ3n) is 4.32. The van der Waals surface area contributed by atoms with E-state index in [2.05, 4.69) is 19.2 Å². The molecule has 0 aromatic carbocycles. The first kappa shape index (κ1) is 14.4. The molecule has 1 aliphatic heterocycles. The Morgan fingerprint density at radius 3 is 2.21 bits per heavy atom. The van der Waals surface area contributed by atoms with E-state index >= 15 is 0 Å². The summed E-state index contributed by atoms with van der Waals surface area (Å²) < 4.78 is 0. The number of nitrogens with one attached hydrogen (secondary N) is 1. The van der Waals surface area contributed by atoms with Gasteiger partial charge in [-0.2, -0.15) is 0 Å². The van der Waals surface area contributed by atoms with Gasteiger partial charge in [-0.3, -0.25) is 9.59 Å². The molecular formula is C15H26N2O2. The molecule has 1 saturated carbocycles. The minimum atomic E-state index is 0.101. The molecule has 2 aliphatic rings. The van der Waals surface area contributed by atoms with Crippen molar-refractivity contribution in [1.29, 1.82) is 0 Å². The minimum Gasteiger partial charge on any atom is -0.356 e. The van der Waals surface area contributed by atoms with Gasteiger partial charge in [-0.1, -0.05) is 20.3 Å². The van der Waals surface area contributed by atoms with E-state index in [4.69, 9.17) is 0 Å². The molecule has 1 saturated heterocycles. The van der Waals surface area contributed by atoms with E-state index in [0.29, 0.717) is 11.8 Å². The van der Waals surface area contributed by atoms with E-state index in [9.17, 15) is 9.59 Å². The van der Waals surface area contributed by atoms with Crippen LogP contribution in [0.25, 0.3) is 0 Å². The van der Waals surface area contributed by atoms with Crippen LogP contribution in [0.5, 0.6) is 0 Å². The van der Waals surface area contributed by atoms with Crippen molar-refractivity contribution >= 4 is 11.8 Å². The lowest BCUT2D eigenvalue weighted by molar-refractivity contribution is -0.141. The molecule has 2 amide bonds. The summed E-state index contributed by atoms with van der Waals surface area (Å²) in [5.74, 6) is 1.37. The summed E-state index contributed by atoms with van der Waals surface area (Å²) in [6, 6.07) is 0. The first-order chi connectivity index (χ1) is 9.08. The minimum absolute atomic E-state index is 0.101. The second-order valence-corrected chi connectivity index (χ2v) is 6.37. The highest BCUT2D eigenvalue weighted by atomic mass is 16.2. The molecule has 0 aromatic rings. The van der Waals surface area contributed by atoms with Crippen molar-refractivity contribution < 1.29 is 9.59 Å². The molecule has 1 heterocycles. The van der Waals surface area contributed by atoms with Crippen LogP contribution in [0, 0.1) is 17.8 Å². The van der Waals surface area contributed by atoms with Gasteiger partial charge in [-0.05, 0) is 31.6 Å². The molecule has 2 fully saturated rings. The molecule has 0 aromatic heterocycles. The Bertz CT molecular complexity index is 329. The summed E-state index contributed by atoms with van der Waals surface area (Å²) in [6.45, 7) is 6.46. The zero-order chi connectivity index (χ0) is 13.8. The van der Waals surface area contributed by atoms with Gasteiger partial charge < -0.3 is 10.2 Å². The topological polar surface area (TPSA) is 49.4 Å². The predicted octanol–water partition coefficient (Wildman–Crippen LogP) is 1.80. The number of hydrogen-bond acceptors (Lipinski definition) is 2. The van der Waals surface area contributed by atoms with Crippen molar-refractivity contribution in [3.05, 3.63) is 0 Å². The van der Waals surface area contributed by atoms with Crippen LogP contribution >= 0.6 is 0 Å². The molecule has 108 valence electrons. The third kappa shape index (κ3) is 3.71. The second-order valence-electron chi connectivity index (χ2n) is 6.37. The van der Waals surface area contributed by atoms with Crippen molar-refractivity contribution in [2.24, 2.45) is 17.8 Å². The van der Waals surface area contributed by atoms with Crippen LogP contribution < -0.4 is 5.32 Å². The first-order valence-corrected chi connectivity index (χ1v) is 7.64. The van der Waals surface area contributed by atoms with Crippen molar-refractivity contribution in [3.63, 3.8) is 0 Å². The van der Waals surface area contributed by atoms with Gasteiger partial charge in [-0.25, -0.2) is 0 Å². The smallest absolute Gasteiger partial charge is 0.225 e. The molecule has 2 rings (SSSR count). The van der Waals surface area contributed by atoms with Gasteiger partial charge in [-0.15, -0.1) is 0 Å². The summed E-state index contributed by atoms with van der Waals surface area (Å²) >= 11 is 0. The second kappa shape index (κ2) is 6.40. The molecule has 0 spiro atoms. The Balaban J connectivity index is 1.72. The molecule has 1 aliphatic carbocycles. The van der Waals surface area contributed by atoms with E-state index < -0.39 is 0 Å². The number of piperidine rings is 1. The van der Waals surface area contributed by atoms with Crippen LogP contribution in [0.2, 0.25) is 0 Å². The van der Waals surface area contributed by atoms with Gasteiger partial charge in [0.15, 0.2) is 0 Å². The van der Waals surface area contributed by atoms with Gasteiger partial charge in [0.05, 0.1) is 0 Å². The number of amides is 2. The monoisotopic (exact) mass is 266 g/mol. The maximum Gasteiger partial charge on any atom is 0.225 e. The van der Waals surface area contributed by atoms with E-state index in [1.165, 1.54) is 6.42 Å². The van der Waals surface area contributed by atoms with Crippen molar-refractivity contribution in [1.82, 2.24) is 10.2 Å². The van der Waals surface area contributed by atoms with Crippen LogP contribution in [0.15, 0.2) is 0 Å². The summed E-state index contributed by atoms with van der Waals surface area (Å²) in [7, 11) is 0. The molecule has 0 bridgehead atoms. The van der Waals surface area contributed by atoms with Gasteiger partial charge in [0.25, 0.3) is 0 Å². The Morgan fingerprint density at radius 1 is 1.11 bits per heavy atom. The molecular weight excluding hydrogens is 240 g/mol. The SMILES string of the molecule is CC(C)CNC(=O)C1CCN(C(=O)C2CCC2)CC1. The van der Waals surface area contributed by atoms with Crippen LogP contribution in [0.1, 0.15) is 46.0 Å². The number of nitrogens with zero attached hydrogens (tertiary/aromatic N) is 1. The molecule has 0 radical (unpaired) electrons. The molecule has 4 nitrogen and oxygen atoms in total. The lowest BCUT2D eigenvalue weighted by Crippen LogP contribution is -2.46. The first-order valence-electron chi connectivity index (χ1n) is 7.64. The van der Waals surface area contributed by atoms with Gasteiger partial charge >= 0.3 is 0 Å². The van der Waals surface area contributed by atoms with Crippen LogP contribution in [0.4, 0.5) is 0 Å². The van der Waals surface area contributed by atoms with E-state index in [0.717, 1.165) is 45.3 Å². The Kier molecular flexibility index (Phi) is 4.83. The number of likely N-dealkylation sites (tertiary alicyclic amines) is 1. The van der Waals surface area contributed by atoms with Gasteiger partial charge in [0.2, 0.25) is 11.8 Å². The van der Waals surface area contributed by atoms with E-state index in [1.54, 1.807) is 0 Å². The fourth-order valence-corrected chi connectivity index (χ4v) is 2.72. The van der Waals surface area contributed by atoms with E-state index in [1.807, 2.05) is 4.90 Å². The quantitative estimate of drug-likeness (QED) is 0.843. The number of carbonyl (C=O) groups excluding carboxylic acids is 2. The van der Waals surface area contributed by atoms with E-state index in [-0.39, 0.29) is 17.7 Å². The zero-order valence-corrected chi connectivity index (χ0v) is 12.2. The molecule has 0 atom stereocenters. The number of carbonyl (C=O) groups is 2. The molecule has 4 heteroatoms. The number of rotatable bonds is 4. The van der Waals surface area contributed by atoms with Gasteiger partial charge in [0, 0.05) is 31.5 Å². The lowest BCUT2D eigenvalue weighted by Gasteiger charge is -2.36. The Labute approximate surface area is 115 Å². The number of hydrogen-bond donors (Lipinski definition) is 1. The van der Waals surface area contributed by atoms with Crippen molar-refractivity contribution in [2.75, 3.05) is 19.6 Å². The lowest BCUT2D eigenvalue weighted by atomic mass is 9.83. The standard InChI is InChI=1S/C15H26N2O2/c1-11(2)10-16-14(18)12-6-8-17(9-7-12)15(19)13-4-3-5-13/h11-13H,3-10H2,1-2H3,(H,16,18). The summed E-state index contributed by atoms with van der Waals surface area (Å²) in [4.78, 5) is 26.0. The predicted molar refractivity (Wildman–Crippen MR) is 74.5 cm³/mol. The van der Waals surface area contributed by atoms with Crippen LogP contribution in [-0.2, 0) is 9.59 Å². The fraction of sp³-hybridized carbons (Fsp3) is 0.867. The Morgan fingerprint density at radius 2 is 1.74 bits per heavy atom. The average molecular weight is 266 g/mol. The third-order valence-corrected chi connectivity index (χ3v) is 4.32. The molecule has 1 N–H and O–H groups in total. The fourth-order valence-electron chi connectivity index (χ4n) is 2.72. The summed E-state index contributed by atoms with van der Waals surface area (Å²) in [6.07, 6.45) is 4.97. The molecule has 0 unspecified atom stereocenters. The van der Waals surface area contributed by atoms with Crippen molar-refractivity contribution in [2.45, 2.75) is 46.0 Å². The summed E-state index contributed by atoms with van der Waals surface area (Å²) in [5, 5.41) is 3.00. The highest BCUT2D eigenvalue weighted by molar-refractivity contribution is 5.81. The van der Waals surface area contributed by atoms with Crippen molar-refractivity contribution in [3.8, 4) is 0 Å². The largest absolute Gasteiger partial charge is 0.356 e. The molecule has 19 heavy (non-hydrogen) atoms. The van der Waals surface area contributed by atoms with Gasteiger partial charge in [0.1, 0.15) is 0 Å². The normalized spacial score (nSPS) is 21.3. The van der Waals surface area contributed by atoms with Crippen LogP contribution in [-0.4, -0.2) is 36.3 Å². The maximum absolute atomic E-state index is 12.1. The highest BCUT2D eigenvalue weighted by Gasteiger charge is 2.33. The Hall–Kier alpha value is -1.06.